The number of esters is 1. The van der Waals surface area contributed by atoms with Crippen molar-refractivity contribution in [1.82, 2.24) is 19.6 Å². The Hall–Kier alpha value is -2.81. The van der Waals surface area contributed by atoms with E-state index >= 15 is 0 Å². The van der Waals surface area contributed by atoms with Gasteiger partial charge in [-0.1, -0.05) is 30.0 Å². The second kappa shape index (κ2) is 6.98. The molecule has 0 bridgehead atoms. The molecule has 130 valence electrons. The van der Waals surface area contributed by atoms with E-state index in [2.05, 4.69) is 19.8 Å². The number of rotatable bonds is 5. The molecular formula is C16H17N5O3S. The lowest BCUT2D eigenvalue weighted by Gasteiger charge is -2.13. The van der Waals surface area contributed by atoms with Crippen LogP contribution >= 0.6 is 11.8 Å². The van der Waals surface area contributed by atoms with Crippen LogP contribution in [0.3, 0.4) is 0 Å². The Morgan fingerprint density at radius 3 is 2.76 bits per heavy atom. The van der Waals surface area contributed by atoms with Crippen LogP contribution in [0.2, 0.25) is 0 Å². The van der Waals surface area contributed by atoms with Gasteiger partial charge in [-0.3, -0.25) is 4.79 Å². The largest absolute Gasteiger partial charge is 0.496 e. The zero-order valence-electron chi connectivity index (χ0n) is 14.0. The summed E-state index contributed by atoms with van der Waals surface area (Å²) in [6, 6.07) is 7.56. The summed E-state index contributed by atoms with van der Waals surface area (Å²) < 4.78 is 11.5. The Morgan fingerprint density at radius 1 is 1.28 bits per heavy atom. The van der Waals surface area contributed by atoms with Crippen molar-refractivity contribution in [3.8, 4) is 16.9 Å². The van der Waals surface area contributed by atoms with E-state index < -0.39 is 0 Å². The SMILES string of the molecule is COC(=O)CSc1nc2nc(C)c(-c3ccccc3OC)c(N)n2n1. The van der Waals surface area contributed by atoms with Crippen LogP contribution in [0.25, 0.3) is 16.9 Å². The monoisotopic (exact) mass is 359 g/mol. The van der Waals surface area contributed by atoms with Crippen LogP contribution in [0.4, 0.5) is 5.82 Å². The first-order valence-electron chi connectivity index (χ1n) is 7.41. The molecule has 2 heterocycles. The number of nitrogen functional groups attached to an aromatic ring is 1. The predicted octanol–water partition coefficient (Wildman–Crippen LogP) is 1.96. The number of aromatic nitrogens is 4. The Labute approximate surface area is 148 Å². The molecule has 25 heavy (non-hydrogen) atoms. The molecule has 0 fully saturated rings. The van der Waals surface area contributed by atoms with Crippen LogP contribution in [0.15, 0.2) is 29.4 Å². The highest BCUT2D eigenvalue weighted by molar-refractivity contribution is 7.99. The van der Waals surface area contributed by atoms with E-state index in [0.717, 1.165) is 22.9 Å². The van der Waals surface area contributed by atoms with Gasteiger partial charge in [0.05, 0.1) is 25.7 Å². The van der Waals surface area contributed by atoms with E-state index in [9.17, 15) is 4.79 Å². The number of anilines is 1. The van der Waals surface area contributed by atoms with Crippen molar-refractivity contribution in [2.24, 2.45) is 0 Å². The maximum atomic E-state index is 11.3. The lowest BCUT2D eigenvalue weighted by Crippen LogP contribution is -2.06. The van der Waals surface area contributed by atoms with Gasteiger partial charge >= 0.3 is 5.97 Å². The highest BCUT2D eigenvalue weighted by atomic mass is 32.2. The fourth-order valence-electron chi connectivity index (χ4n) is 2.44. The number of nitrogens with two attached hydrogens (primary N) is 1. The minimum Gasteiger partial charge on any atom is -0.496 e. The molecule has 0 saturated heterocycles. The van der Waals surface area contributed by atoms with Crippen LogP contribution in [-0.4, -0.2) is 45.5 Å². The predicted molar refractivity (Wildman–Crippen MR) is 94.7 cm³/mol. The highest BCUT2D eigenvalue weighted by Gasteiger charge is 2.18. The van der Waals surface area contributed by atoms with E-state index in [1.807, 2.05) is 31.2 Å². The van der Waals surface area contributed by atoms with Crippen LogP contribution in [-0.2, 0) is 9.53 Å². The van der Waals surface area contributed by atoms with E-state index in [4.69, 9.17) is 10.5 Å². The number of para-hydroxylation sites is 1. The number of hydrogen-bond donors (Lipinski definition) is 1. The zero-order valence-corrected chi connectivity index (χ0v) is 14.8. The molecule has 2 aromatic heterocycles. The van der Waals surface area contributed by atoms with Crippen molar-refractivity contribution in [3.05, 3.63) is 30.0 Å². The molecule has 0 aliphatic carbocycles. The fourth-order valence-corrected chi connectivity index (χ4v) is 3.09. The van der Waals surface area contributed by atoms with Crippen molar-refractivity contribution in [3.63, 3.8) is 0 Å². The molecule has 1 aromatic carbocycles. The number of ether oxygens (including phenoxy) is 2. The topological polar surface area (TPSA) is 105 Å². The smallest absolute Gasteiger partial charge is 0.316 e. The molecule has 0 aliphatic rings. The molecule has 3 aromatic rings. The van der Waals surface area contributed by atoms with Crippen molar-refractivity contribution >= 4 is 29.3 Å². The fraction of sp³-hybridized carbons (Fsp3) is 0.250. The van der Waals surface area contributed by atoms with Crippen molar-refractivity contribution in [2.75, 3.05) is 25.7 Å². The first-order chi connectivity index (χ1) is 12.0. The van der Waals surface area contributed by atoms with E-state index in [0.29, 0.717) is 28.2 Å². The van der Waals surface area contributed by atoms with Gasteiger partial charge in [-0.15, -0.1) is 5.10 Å². The number of methoxy groups -OCH3 is 2. The van der Waals surface area contributed by atoms with E-state index in [1.165, 1.54) is 11.6 Å². The van der Waals surface area contributed by atoms with Gasteiger partial charge in [0.2, 0.25) is 5.16 Å². The Kier molecular flexibility index (Phi) is 4.75. The maximum Gasteiger partial charge on any atom is 0.316 e. The minimum atomic E-state index is -0.351. The average molecular weight is 359 g/mol. The van der Waals surface area contributed by atoms with Crippen LogP contribution in [0, 0.1) is 6.92 Å². The first-order valence-corrected chi connectivity index (χ1v) is 8.39. The summed E-state index contributed by atoms with van der Waals surface area (Å²) in [6.07, 6.45) is 0. The summed E-state index contributed by atoms with van der Waals surface area (Å²) in [4.78, 5) is 20.1. The minimum absolute atomic E-state index is 0.117. The normalized spacial score (nSPS) is 10.8. The van der Waals surface area contributed by atoms with E-state index in [1.54, 1.807) is 7.11 Å². The standard InChI is InChI=1S/C16H17N5O3S/c1-9-13(10-6-4-5-7-11(10)23-2)14(17)21-15(18-9)19-16(20-21)25-8-12(22)24-3/h4-7H,8,17H2,1-3H3. The van der Waals surface area contributed by atoms with Crippen molar-refractivity contribution in [1.29, 1.82) is 0 Å². The van der Waals surface area contributed by atoms with Gasteiger partial charge in [-0.05, 0) is 13.0 Å². The summed E-state index contributed by atoms with van der Waals surface area (Å²) in [5.41, 5.74) is 8.61. The number of aryl methyl sites for hydroxylation is 1. The van der Waals surface area contributed by atoms with Crippen molar-refractivity contribution < 1.29 is 14.3 Å². The van der Waals surface area contributed by atoms with Gasteiger partial charge < -0.3 is 15.2 Å². The number of nitrogens with zero attached hydrogens (tertiary/aromatic N) is 4. The van der Waals surface area contributed by atoms with Crippen LogP contribution in [0.1, 0.15) is 5.69 Å². The third-order valence-corrected chi connectivity index (χ3v) is 4.42. The average Bonchev–Trinajstić information content (AvgIpc) is 3.03. The van der Waals surface area contributed by atoms with Gasteiger partial charge in [0.1, 0.15) is 11.6 Å². The summed E-state index contributed by atoms with van der Waals surface area (Å²) in [5, 5.41) is 4.74. The first kappa shape index (κ1) is 17.0. The molecule has 0 atom stereocenters. The summed E-state index contributed by atoms with van der Waals surface area (Å²) >= 11 is 1.16. The van der Waals surface area contributed by atoms with Crippen LogP contribution in [0.5, 0.6) is 5.75 Å². The number of hydrogen-bond acceptors (Lipinski definition) is 8. The molecule has 9 heteroatoms. The third kappa shape index (κ3) is 3.22. The van der Waals surface area contributed by atoms with E-state index in [-0.39, 0.29) is 11.7 Å². The summed E-state index contributed by atoms with van der Waals surface area (Å²) in [6.45, 7) is 1.86. The third-order valence-electron chi connectivity index (χ3n) is 3.61. The van der Waals surface area contributed by atoms with Gasteiger partial charge in [-0.25, -0.2) is 4.98 Å². The molecule has 0 unspecified atom stereocenters. The molecule has 3 rings (SSSR count). The molecule has 2 N–H and O–H groups in total. The zero-order chi connectivity index (χ0) is 18.0. The van der Waals surface area contributed by atoms with Crippen molar-refractivity contribution in [2.45, 2.75) is 12.1 Å². The maximum absolute atomic E-state index is 11.3. The van der Waals surface area contributed by atoms with Gasteiger partial charge in [0.25, 0.3) is 5.78 Å². The molecule has 0 aliphatic heterocycles. The van der Waals surface area contributed by atoms with Crippen LogP contribution < -0.4 is 10.5 Å². The number of carbonyl (C=O) groups excluding carboxylic acids is 1. The molecule has 0 saturated carbocycles. The molecule has 0 spiro atoms. The molecule has 0 radical (unpaired) electrons. The second-order valence-corrected chi connectivity index (χ2v) is 6.07. The highest BCUT2D eigenvalue weighted by Crippen LogP contribution is 2.35. The summed E-state index contributed by atoms with van der Waals surface area (Å²) in [5.74, 6) is 1.24. The quantitative estimate of drug-likeness (QED) is 0.544. The lowest BCUT2D eigenvalue weighted by atomic mass is 10.0. The number of carbonyl (C=O) groups is 1. The van der Waals surface area contributed by atoms with Gasteiger partial charge in [-0.2, -0.15) is 9.50 Å². The Balaban J connectivity index is 2.08. The number of benzene rings is 1. The lowest BCUT2D eigenvalue weighted by molar-refractivity contribution is -0.137. The number of thioether (sulfide) groups is 1. The number of fused-ring (bicyclic) bond motifs is 1. The second-order valence-electron chi connectivity index (χ2n) is 5.13. The summed E-state index contributed by atoms with van der Waals surface area (Å²) in [7, 11) is 2.94. The Morgan fingerprint density at radius 2 is 2.04 bits per heavy atom. The molecule has 0 amide bonds. The molecular weight excluding hydrogens is 342 g/mol. The van der Waals surface area contributed by atoms with Gasteiger partial charge in [0.15, 0.2) is 0 Å². The Bertz CT molecular complexity index is 941. The molecule has 8 nitrogen and oxygen atoms in total. The van der Waals surface area contributed by atoms with Gasteiger partial charge in [0, 0.05) is 11.1 Å².